The summed E-state index contributed by atoms with van der Waals surface area (Å²) in [5, 5.41) is 2.24. The van der Waals surface area contributed by atoms with Crippen LogP contribution in [0.1, 0.15) is 7.43 Å². The van der Waals surface area contributed by atoms with E-state index in [-0.39, 0.29) is 7.43 Å². The van der Waals surface area contributed by atoms with Gasteiger partial charge in [-0.25, -0.2) is 0 Å². The normalized spacial score (nSPS) is 4.20. The molecule has 32 valence electrons. The topological polar surface area (TPSA) is 41.5 Å². The molecule has 0 saturated heterocycles. The van der Waals surface area contributed by atoms with Crippen LogP contribution in [0, 0.1) is 4.91 Å². The van der Waals surface area contributed by atoms with Crippen LogP contribution < -0.4 is 5.43 Å². The van der Waals surface area contributed by atoms with E-state index in [2.05, 4.69) is 5.29 Å². The molecule has 0 saturated carbocycles. The molecule has 0 aromatic heterocycles. The van der Waals surface area contributed by atoms with E-state index in [0.29, 0.717) is 0 Å². The van der Waals surface area contributed by atoms with Crippen molar-refractivity contribution in [2.75, 3.05) is 7.05 Å². The van der Waals surface area contributed by atoms with Gasteiger partial charge in [0.15, 0.2) is 0 Å². The molecule has 3 nitrogen and oxygen atoms in total. The van der Waals surface area contributed by atoms with Crippen molar-refractivity contribution in [3.63, 3.8) is 0 Å². The van der Waals surface area contributed by atoms with Crippen molar-refractivity contribution in [2.24, 2.45) is 5.29 Å². The van der Waals surface area contributed by atoms with E-state index >= 15 is 0 Å². The number of hydrogen-bond donors (Lipinski definition) is 1. The first-order valence-electron chi connectivity index (χ1n) is 0.906. The molecule has 0 spiro atoms. The molecule has 0 aromatic rings. The van der Waals surface area contributed by atoms with Gasteiger partial charge in [-0.15, -0.1) is 4.91 Å². The lowest BCUT2D eigenvalue weighted by molar-refractivity contribution is 0.889. The Morgan fingerprint density at radius 2 is 2.00 bits per heavy atom. The minimum absolute atomic E-state index is 0. The molecule has 0 unspecified atom stereocenters. The summed E-state index contributed by atoms with van der Waals surface area (Å²) in [5.41, 5.74) is 2.00. The number of nitroso groups, excluding NO2 is 1. The average molecular weight is 76.1 g/mol. The lowest BCUT2D eigenvalue weighted by atomic mass is 11.5. The van der Waals surface area contributed by atoms with Crippen LogP contribution in [0.5, 0.6) is 0 Å². The van der Waals surface area contributed by atoms with Gasteiger partial charge in [0.05, 0.1) is 0 Å². The number of hydrogen-bond acceptors (Lipinski definition) is 2. The standard InChI is InChI=1S/CH4N2O.CH4/c1-2-3-4;/h1H3,(H,2,4);1H4. The second-order valence-electron chi connectivity index (χ2n) is 0.315. The summed E-state index contributed by atoms with van der Waals surface area (Å²) in [4.78, 5) is 8.81. The smallest absolute Gasteiger partial charge is 0.0493 e. The van der Waals surface area contributed by atoms with Crippen LogP contribution in [0.4, 0.5) is 0 Å². The van der Waals surface area contributed by atoms with Gasteiger partial charge >= 0.3 is 0 Å². The molecule has 0 amide bonds. The lowest BCUT2D eigenvalue weighted by Gasteiger charge is -1.63. The van der Waals surface area contributed by atoms with Gasteiger partial charge in [0.1, 0.15) is 0 Å². The predicted molar refractivity (Wildman–Crippen MR) is 21.6 cm³/mol. The Labute approximate surface area is 31.3 Å². The highest BCUT2D eigenvalue weighted by molar-refractivity contribution is 4.06. The number of rotatable bonds is 1. The van der Waals surface area contributed by atoms with Crippen LogP contribution in [0.15, 0.2) is 5.29 Å². The largest absolute Gasteiger partial charge is 0.277 e. The Kier molecular flexibility index (Phi) is 17.6. The molecule has 0 heterocycles. The van der Waals surface area contributed by atoms with Gasteiger partial charge in [-0.3, -0.25) is 5.43 Å². The molecule has 0 aliphatic heterocycles. The monoisotopic (exact) mass is 76.1 g/mol. The molecule has 0 rings (SSSR count). The van der Waals surface area contributed by atoms with Crippen molar-refractivity contribution < 1.29 is 0 Å². The maximum absolute atomic E-state index is 8.81. The predicted octanol–water partition coefficient (Wildman–Crippen LogP) is 0.523. The number of nitrogens with zero attached hydrogens (tertiary/aromatic N) is 1. The first-order chi connectivity index (χ1) is 1.91. The highest BCUT2D eigenvalue weighted by atomic mass is 16.3. The van der Waals surface area contributed by atoms with E-state index in [4.69, 9.17) is 4.91 Å². The van der Waals surface area contributed by atoms with Crippen LogP contribution in [-0.2, 0) is 0 Å². The summed E-state index contributed by atoms with van der Waals surface area (Å²) in [6, 6.07) is 0. The Morgan fingerprint density at radius 1 is 1.80 bits per heavy atom. The highest BCUT2D eigenvalue weighted by Crippen LogP contribution is 1.31. The average Bonchev–Trinajstić information content (AvgIpc) is 1.37. The van der Waals surface area contributed by atoms with E-state index < -0.39 is 0 Å². The zero-order valence-electron chi connectivity index (χ0n) is 2.36. The SMILES string of the molecule is C.CNN=O. The maximum atomic E-state index is 8.81. The summed E-state index contributed by atoms with van der Waals surface area (Å²) >= 11 is 0. The van der Waals surface area contributed by atoms with E-state index in [9.17, 15) is 0 Å². The molecule has 3 heteroatoms. The molecule has 0 atom stereocenters. The molecular formula is C2H8N2O. The molecule has 0 radical (unpaired) electrons. The Hall–Kier alpha value is -0.600. The summed E-state index contributed by atoms with van der Waals surface area (Å²) in [6.45, 7) is 0. The summed E-state index contributed by atoms with van der Waals surface area (Å²) in [6.07, 6.45) is 0. The zero-order chi connectivity index (χ0) is 3.41. The third-order valence-electron chi connectivity index (χ3n) is 0.0913. The van der Waals surface area contributed by atoms with E-state index in [1.165, 1.54) is 7.05 Å². The molecule has 0 aromatic carbocycles. The van der Waals surface area contributed by atoms with Gasteiger partial charge in [0.25, 0.3) is 0 Å². The zero-order valence-corrected chi connectivity index (χ0v) is 2.36. The molecular weight excluding hydrogens is 68.0 g/mol. The Balaban J connectivity index is 0. The molecule has 0 bridgehead atoms. The van der Waals surface area contributed by atoms with Crippen molar-refractivity contribution in [3.8, 4) is 0 Å². The molecule has 5 heavy (non-hydrogen) atoms. The van der Waals surface area contributed by atoms with Crippen LogP contribution >= 0.6 is 0 Å². The summed E-state index contributed by atoms with van der Waals surface area (Å²) < 4.78 is 0. The summed E-state index contributed by atoms with van der Waals surface area (Å²) in [7, 11) is 1.45. The lowest BCUT2D eigenvalue weighted by Crippen LogP contribution is -1.87. The Bertz CT molecular complexity index is 21.6. The minimum atomic E-state index is 0. The van der Waals surface area contributed by atoms with Gasteiger partial charge in [0, 0.05) is 12.3 Å². The van der Waals surface area contributed by atoms with Gasteiger partial charge in [-0.1, -0.05) is 7.43 Å². The van der Waals surface area contributed by atoms with E-state index in [1.54, 1.807) is 0 Å². The van der Waals surface area contributed by atoms with Crippen LogP contribution in [0.3, 0.4) is 0 Å². The van der Waals surface area contributed by atoms with Gasteiger partial charge in [0.2, 0.25) is 0 Å². The third-order valence-corrected chi connectivity index (χ3v) is 0.0913. The van der Waals surface area contributed by atoms with Crippen LogP contribution in [0.2, 0.25) is 0 Å². The fourth-order valence-electron chi connectivity index (χ4n) is 0. The molecule has 0 aliphatic carbocycles. The van der Waals surface area contributed by atoms with Crippen molar-refractivity contribution >= 4 is 0 Å². The van der Waals surface area contributed by atoms with Gasteiger partial charge in [-0.2, -0.15) is 0 Å². The van der Waals surface area contributed by atoms with E-state index in [0.717, 1.165) is 0 Å². The third kappa shape index (κ3) is 41.7. The minimum Gasteiger partial charge on any atom is -0.277 e. The van der Waals surface area contributed by atoms with Crippen molar-refractivity contribution in [1.82, 2.24) is 5.43 Å². The van der Waals surface area contributed by atoms with Crippen molar-refractivity contribution in [2.45, 2.75) is 7.43 Å². The van der Waals surface area contributed by atoms with Crippen LogP contribution in [0.25, 0.3) is 0 Å². The quantitative estimate of drug-likeness (QED) is 0.365. The summed E-state index contributed by atoms with van der Waals surface area (Å²) in [5.74, 6) is 0. The molecule has 1 N–H and O–H groups in total. The molecule has 0 fully saturated rings. The second kappa shape index (κ2) is 9.99. The molecule has 0 aliphatic rings. The first-order valence-corrected chi connectivity index (χ1v) is 0.906. The fourth-order valence-corrected chi connectivity index (χ4v) is 0. The maximum Gasteiger partial charge on any atom is 0.0493 e. The fraction of sp³-hybridized carbons (Fsp3) is 1.00. The number of nitrogens with one attached hydrogen (secondary N) is 1. The van der Waals surface area contributed by atoms with Crippen molar-refractivity contribution in [3.05, 3.63) is 4.91 Å². The first kappa shape index (κ1) is 8.83. The second-order valence-corrected chi connectivity index (χ2v) is 0.315. The Morgan fingerprint density at radius 3 is 2.00 bits per heavy atom. The van der Waals surface area contributed by atoms with E-state index in [1.807, 2.05) is 5.43 Å². The van der Waals surface area contributed by atoms with Gasteiger partial charge in [-0.05, 0) is 0 Å². The van der Waals surface area contributed by atoms with Crippen LogP contribution in [-0.4, -0.2) is 7.05 Å². The van der Waals surface area contributed by atoms with Crippen molar-refractivity contribution in [1.29, 1.82) is 0 Å². The van der Waals surface area contributed by atoms with Gasteiger partial charge < -0.3 is 0 Å². The highest BCUT2D eigenvalue weighted by Gasteiger charge is 1.41.